The molecule has 19 heavy (non-hydrogen) atoms. The minimum Gasteiger partial charge on any atom is -0.489 e. The molecular formula is C14H12Br2FNO. The SMILES string of the molecule is NCc1ccc(COc2cc(F)cc(Br)c2)c(Br)c1. The number of halogens is 3. The third kappa shape index (κ3) is 4.03. The second-order valence-corrected chi connectivity index (χ2v) is 5.79. The van der Waals surface area contributed by atoms with Crippen LogP contribution >= 0.6 is 31.9 Å². The van der Waals surface area contributed by atoms with E-state index in [-0.39, 0.29) is 5.82 Å². The van der Waals surface area contributed by atoms with Gasteiger partial charge < -0.3 is 10.5 Å². The molecule has 5 heteroatoms. The highest BCUT2D eigenvalue weighted by Gasteiger charge is 2.04. The lowest BCUT2D eigenvalue weighted by Gasteiger charge is -2.09. The van der Waals surface area contributed by atoms with Gasteiger partial charge in [-0.1, -0.05) is 44.0 Å². The molecular weight excluding hydrogens is 377 g/mol. The first-order chi connectivity index (χ1) is 9.08. The van der Waals surface area contributed by atoms with Gasteiger partial charge in [0.1, 0.15) is 18.2 Å². The van der Waals surface area contributed by atoms with E-state index < -0.39 is 0 Å². The predicted molar refractivity (Wildman–Crippen MR) is 80.5 cm³/mol. The Morgan fingerprint density at radius 2 is 1.89 bits per heavy atom. The third-order valence-electron chi connectivity index (χ3n) is 2.58. The van der Waals surface area contributed by atoms with Crippen molar-refractivity contribution in [3.05, 3.63) is 62.3 Å². The van der Waals surface area contributed by atoms with Gasteiger partial charge in [-0.25, -0.2) is 4.39 Å². The largest absolute Gasteiger partial charge is 0.489 e. The molecule has 0 aliphatic carbocycles. The van der Waals surface area contributed by atoms with E-state index in [1.165, 1.54) is 12.1 Å². The smallest absolute Gasteiger partial charge is 0.128 e. The minimum atomic E-state index is -0.332. The van der Waals surface area contributed by atoms with Crippen molar-refractivity contribution in [2.24, 2.45) is 5.73 Å². The first-order valence-electron chi connectivity index (χ1n) is 5.65. The molecule has 0 atom stereocenters. The van der Waals surface area contributed by atoms with Crippen LogP contribution in [0.5, 0.6) is 5.75 Å². The first-order valence-corrected chi connectivity index (χ1v) is 7.23. The quantitative estimate of drug-likeness (QED) is 0.842. The van der Waals surface area contributed by atoms with Crippen LogP contribution in [0.3, 0.4) is 0 Å². The molecule has 0 saturated carbocycles. The summed E-state index contributed by atoms with van der Waals surface area (Å²) in [6.45, 7) is 0.859. The maximum Gasteiger partial charge on any atom is 0.128 e. The number of ether oxygens (including phenoxy) is 1. The Bertz CT molecular complexity index is 569. The Balaban J connectivity index is 2.10. The number of hydrogen-bond acceptors (Lipinski definition) is 2. The molecule has 0 heterocycles. The monoisotopic (exact) mass is 387 g/mol. The Kier molecular flexibility index (Phi) is 4.96. The zero-order valence-corrected chi connectivity index (χ0v) is 13.2. The summed E-state index contributed by atoms with van der Waals surface area (Å²) in [6.07, 6.45) is 0. The van der Waals surface area contributed by atoms with Crippen molar-refractivity contribution < 1.29 is 9.13 Å². The summed E-state index contributed by atoms with van der Waals surface area (Å²) < 4.78 is 20.4. The fraction of sp³-hybridized carbons (Fsp3) is 0.143. The highest BCUT2D eigenvalue weighted by molar-refractivity contribution is 9.10. The van der Waals surface area contributed by atoms with Crippen molar-refractivity contribution in [3.8, 4) is 5.75 Å². The Hall–Kier alpha value is -0.910. The number of hydrogen-bond donors (Lipinski definition) is 1. The Morgan fingerprint density at radius 1 is 1.11 bits per heavy atom. The number of rotatable bonds is 4. The normalized spacial score (nSPS) is 10.5. The molecule has 0 amide bonds. The second kappa shape index (κ2) is 6.50. The molecule has 0 aromatic heterocycles. The van der Waals surface area contributed by atoms with Crippen LogP contribution in [-0.4, -0.2) is 0 Å². The van der Waals surface area contributed by atoms with Gasteiger partial charge in [-0.15, -0.1) is 0 Å². The van der Waals surface area contributed by atoms with Crippen LogP contribution in [0.4, 0.5) is 4.39 Å². The lowest BCUT2D eigenvalue weighted by atomic mass is 10.1. The standard InChI is InChI=1S/C14H12Br2FNO/c15-11-4-12(17)6-13(5-11)19-8-10-2-1-9(7-18)3-14(10)16/h1-6H,7-8,18H2. The van der Waals surface area contributed by atoms with Crippen LogP contribution in [0.15, 0.2) is 45.3 Å². The van der Waals surface area contributed by atoms with Crippen LogP contribution in [0.1, 0.15) is 11.1 Å². The van der Waals surface area contributed by atoms with Gasteiger partial charge in [0.15, 0.2) is 0 Å². The van der Waals surface area contributed by atoms with E-state index in [0.717, 1.165) is 15.6 Å². The summed E-state index contributed by atoms with van der Waals surface area (Å²) in [7, 11) is 0. The molecule has 2 rings (SSSR count). The van der Waals surface area contributed by atoms with E-state index in [2.05, 4.69) is 31.9 Å². The number of nitrogens with two attached hydrogens (primary N) is 1. The van der Waals surface area contributed by atoms with Gasteiger partial charge in [0.05, 0.1) is 0 Å². The van der Waals surface area contributed by atoms with E-state index >= 15 is 0 Å². The maximum atomic E-state index is 13.2. The van der Waals surface area contributed by atoms with Gasteiger partial charge in [0.2, 0.25) is 0 Å². The topological polar surface area (TPSA) is 35.2 Å². The van der Waals surface area contributed by atoms with Gasteiger partial charge >= 0.3 is 0 Å². The Labute approximate surface area is 128 Å². The molecule has 2 nitrogen and oxygen atoms in total. The van der Waals surface area contributed by atoms with Crippen LogP contribution < -0.4 is 10.5 Å². The van der Waals surface area contributed by atoms with E-state index in [1.54, 1.807) is 6.07 Å². The highest BCUT2D eigenvalue weighted by atomic mass is 79.9. The molecule has 2 aromatic carbocycles. The summed E-state index contributed by atoms with van der Waals surface area (Å²) in [5.74, 6) is 0.156. The zero-order valence-electron chi connectivity index (χ0n) is 10.00. The van der Waals surface area contributed by atoms with Crippen LogP contribution in [0.25, 0.3) is 0 Å². The van der Waals surface area contributed by atoms with E-state index in [0.29, 0.717) is 23.4 Å². The van der Waals surface area contributed by atoms with Gasteiger partial charge in [0, 0.05) is 27.1 Å². The molecule has 0 spiro atoms. The van der Waals surface area contributed by atoms with E-state index in [9.17, 15) is 4.39 Å². The van der Waals surface area contributed by atoms with Crippen molar-refractivity contribution in [1.29, 1.82) is 0 Å². The summed E-state index contributed by atoms with van der Waals surface area (Å²) >= 11 is 6.70. The lowest BCUT2D eigenvalue weighted by Crippen LogP contribution is -2.00. The van der Waals surface area contributed by atoms with Crippen molar-refractivity contribution in [1.82, 2.24) is 0 Å². The first kappa shape index (κ1) is 14.5. The fourth-order valence-electron chi connectivity index (χ4n) is 1.61. The van der Waals surface area contributed by atoms with Gasteiger partial charge in [0.25, 0.3) is 0 Å². The van der Waals surface area contributed by atoms with Crippen molar-refractivity contribution in [3.63, 3.8) is 0 Å². The fourth-order valence-corrected chi connectivity index (χ4v) is 2.59. The van der Waals surface area contributed by atoms with Gasteiger partial charge in [-0.2, -0.15) is 0 Å². The predicted octanol–water partition coefficient (Wildman–Crippen LogP) is 4.39. The molecule has 0 fully saturated rings. The molecule has 100 valence electrons. The van der Waals surface area contributed by atoms with E-state index in [1.807, 2.05) is 18.2 Å². The average Bonchev–Trinajstić information content (AvgIpc) is 2.36. The highest BCUT2D eigenvalue weighted by Crippen LogP contribution is 2.24. The average molecular weight is 389 g/mol. The molecule has 2 N–H and O–H groups in total. The van der Waals surface area contributed by atoms with Crippen molar-refractivity contribution in [2.45, 2.75) is 13.2 Å². The second-order valence-electron chi connectivity index (χ2n) is 4.02. The van der Waals surface area contributed by atoms with Gasteiger partial charge in [-0.05, 0) is 23.8 Å². The maximum absolute atomic E-state index is 13.2. The third-order valence-corrected chi connectivity index (χ3v) is 3.78. The van der Waals surface area contributed by atoms with Crippen LogP contribution in [-0.2, 0) is 13.2 Å². The molecule has 0 aliphatic rings. The molecule has 0 saturated heterocycles. The van der Waals surface area contributed by atoms with E-state index in [4.69, 9.17) is 10.5 Å². The van der Waals surface area contributed by atoms with Crippen molar-refractivity contribution >= 4 is 31.9 Å². The summed E-state index contributed by atoms with van der Waals surface area (Å²) in [4.78, 5) is 0. The minimum absolute atomic E-state index is 0.332. The Morgan fingerprint density at radius 3 is 2.53 bits per heavy atom. The van der Waals surface area contributed by atoms with Gasteiger partial charge in [-0.3, -0.25) is 0 Å². The summed E-state index contributed by atoms with van der Waals surface area (Å²) in [5, 5.41) is 0. The van der Waals surface area contributed by atoms with Crippen LogP contribution in [0.2, 0.25) is 0 Å². The molecule has 0 aliphatic heterocycles. The molecule has 0 bridgehead atoms. The van der Waals surface area contributed by atoms with Crippen LogP contribution in [0, 0.1) is 5.82 Å². The molecule has 2 aromatic rings. The molecule has 0 unspecified atom stereocenters. The summed E-state index contributed by atoms with van der Waals surface area (Å²) in [6, 6.07) is 10.3. The number of benzene rings is 2. The summed E-state index contributed by atoms with van der Waals surface area (Å²) in [5.41, 5.74) is 7.60. The zero-order chi connectivity index (χ0) is 13.8. The molecule has 0 radical (unpaired) electrons. The lowest BCUT2D eigenvalue weighted by molar-refractivity contribution is 0.303. The van der Waals surface area contributed by atoms with Crippen molar-refractivity contribution in [2.75, 3.05) is 0 Å².